The summed E-state index contributed by atoms with van der Waals surface area (Å²) in [5.41, 5.74) is 1.39. The number of carbonyl (C=O) groups is 2. The zero-order chi connectivity index (χ0) is 16.6. The van der Waals surface area contributed by atoms with Crippen molar-refractivity contribution in [2.75, 3.05) is 18.4 Å². The van der Waals surface area contributed by atoms with E-state index >= 15 is 0 Å². The second-order valence-corrected chi connectivity index (χ2v) is 6.85. The third-order valence-electron chi connectivity index (χ3n) is 4.55. The van der Waals surface area contributed by atoms with E-state index in [4.69, 9.17) is 4.74 Å². The van der Waals surface area contributed by atoms with Crippen molar-refractivity contribution in [3.05, 3.63) is 29.8 Å². The topological polar surface area (TPSA) is 58.6 Å². The number of rotatable bonds is 3. The number of ether oxygens (including phenoxy) is 1. The Morgan fingerprint density at radius 3 is 2.17 bits per heavy atom. The number of amides is 2. The summed E-state index contributed by atoms with van der Waals surface area (Å²) in [4.78, 5) is 26.3. The van der Waals surface area contributed by atoms with Gasteiger partial charge in [0.1, 0.15) is 0 Å². The van der Waals surface area contributed by atoms with Crippen LogP contribution in [0.2, 0.25) is 0 Å². The molecule has 0 radical (unpaired) electrons. The second kappa shape index (κ2) is 6.32. The van der Waals surface area contributed by atoms with Crippen LogP contribution in [-0.4, -0.2) is 42.0 Å². The third kappa shape index (κ3) is 3.72. The fraction of sp³-hybridized carbons (Fsp3) is 0.556. The van der Waals surface area contributed by atoms with Crippen molar-refractivity contribution in [2.45, 2.75) is 39.4 Å². The van der Waals surface area contributed by atoms with Crippen molar-refractivity contribution >= 4 is 17.5 Å². The Kier molecular flexibility index (Phi) is 4.39. The maximum absolute atomic E-state index is 12.6. The van der Waals surface area contributed by atoms with E-state index in [1.165, 1.54) is 0 Å². The Bertz CT molecular complexity index is 589. The Morgan fingerprint density at radius 2 is 1.65 bits per heavy atom. The van der Waals surface area contributed by atoms with Gasteiger partial charge < -0.3 is 15.0 Å². The van der Waals surface area contributed by atoms with Crippen molar-refractivity contribution in [3.8, 4) is 0 Å². The van der Waals surface area contributed by atoms with E-state index in [1.807, 2.05) is 18.7 Å². The minimum Gasteiger partial charge on any atom is -0.372 e. The van der Waals surface area contributed by atoms with Gasteiger partial charge in [-0.3, -0.25) is 9.59 Å². The Morgan fingerprint density at radius 1 is 1.09 bits per heavy atom. The molecule has 5 nitrogen and oxygen atoms in total. The molecular weight excluding hydrogens is 292 g/mol. The van der Waals surface area contributed by atoms with Crippen LogP contribution in [0.25, 0.3) is 0 Å². The van der Waals surface area contributed by atoms with Crippen LogP contribution in [0.5, 0.6) is 0 Å². The lowest BCUT2D eigenvalue weighted by Crippen LogP contribution is -2.48. The van der Waals surface area contributed by atoms with Crippen LogP contribution in [0.3, 0.4) is 0 Å². The van der Waals surface area contributed by atoms with Gasteiger partial charge in [-0.05, 0) is 50.5 Å². The van der Waals surface area contributed by atoms with Crippen LogP contribution in [0.1, 0.15) is 37.6 Å². The maximum Gasteiger partial charge on any atom is 0.254 e. The highest BCUT2D eigenvalue weighted by atomic mass is 16.5. The third-order valence-corrected chi connectivity index (χ3v) is 4.55. The molecule has 124 valence electrons. The zero-order valence-corrected chi connectivity index (χ0v) is 13.9. The van der Waals surface area contributed by atoms with Crippen LogP contribution in [0.15, 0.2) is 24.3 Å². The standard InChI is InChI=1S/C18H24N2O3/c1-11-8-16(11)17(21)19-15-6-4-14(5-7-15)18(22)20-9-12(2)23-13(3)10-20/h4-7,11-13,16H,8-10H2,1-3H3,(H,19,21). The lowest BCUT2D eigenvalue weighted by Gasteiger charge is -2.35. The first-order valence-electron chi connectivity index (χ1n) is 8.29. The summed E-state index contributed by atoms with van der Waals surface area (Å²) >= 11 is 0. The molecule has 0 aromatic heterocycles. The average Bonchev–Trinajstić information content (AvgIpc) is 3.23. The number of morpholine rings is 1. The van der Waals surface area contributed by atoms with E-state index in [9.17, 15) is 9.59 Å². The molecule has 1 saturated heterocycles. The summed E-state index contributed by atoms with van der Waals surface area (Å²) in [5.74, 6) is 0.724. The molecule has 1 saturated carbocycles. The van der Waals surface area contributed by atoms with Crippen LogP contribution in [0.4, 0.5) is 5.69 Å². The molecule has 4 atom stereocenters. The number of hydrogen-bond donors (Lipinski definition) is 1. The molecule has 4 unspecified atom stereocenters. The van der Waals surface area contributed by atoms with E-state index in [0.29, 0.717) is 24.6 Å². The van der Waals surface area contributed by atoms with Gasteiger partial charge in [-0.15, -0.1) is 0 Å². The van der Waals surface area contributed by atoms with E-state index in [1.54, 1.807) is 24.3 Å². The van der Waals surface area contributed by atoms with Gasteiger partial charge >= 0.3 is 0 Å². The molecule has 2 fully saturated rings. The first kappa shape index (κ1) is 16.0. The molecule has 2 amide bonds. The van der Waals surface area contributed by atoms with Crippen LogP contribution < -0.4 is 5.32 Å². The summed E-state index contributed by atoms with van der Waals surface area (Å²) in [5, 5.41) is 2.91. The minimum atomic E-state index is 0.0145. The molecule has 0 spiro atoms. The molecular formula is C18H24N2O3. The molecule has 0 bridgehead atoms. The number of anilines is 1. The normalized spacial score (nSPS) is 30.0. The summed E-state index contributed by atoms with van der Waals surface area (Å²) < 4.78 is 5.66. The van der Waals surface area contributed by atoms with Gasteiger partial charge in [-0.2, -0.15) is 0 Å². The van der Waals surface area contributed by atoms with Crippen LogP contribution in [-0.2, 0) is 9.53 Å². The Labute approximate surface area is 137 Å². The monoisotopic (exact) mass is 316 g/mol. The maximum atomic E-state index is 12.6. The Hall–Kier alpha value is -1.88. The highest BCUT2D eigenvalue weighted by Crippen LogP contribution is 2.38. The molecule has 2 aliphatic rings. The summed E-state index contributed by atoms with van der Waals surface area (Å²) in [6.45, 7) is 7.26. The van der Waals surface area contributed by atoms with Gasteiger partial charge in [0.05, 0.1) is 12.2 Å². The number of nitrogens with zero attached hydrogens (tertiary/aromatic N) is 1. The first-order chi connectivity index (χ1) is 10.9. The molecule has 1 heterocycles. The van der Waals surface area contributed by atoms with E-state index < -0.39 is 0 Å². The molecule has 5 heteroatoms. The van der Waals surface area contributed by atoms with Gasteiger partial charge in [0.15, 0.2) is 0 Å². The smallest absolute Gasteiger partial charge is 0.254 e. The number of carbonyl (C=O) groups excluding carboxylic acids is 2. The average molecular weight is 316 g/mol. The number of hydrogen-bond acceptors (Lipinski definition) is 3. The van der Waals surface area contributed by atoms with Crippen LogP contribution >= 0.6 is 0 Å². The predicted octanol–water partition coefficient (Wildman–Crippen LogP) is 2.53. The predicted molar refractivity (Wildman–Crippen MR) is 88.3 cm³/mol. The molecule has 1 aliphatic heterocycles. The van der Waals surface area contributed by atoms with Crippen LogP contribution in [0, 0.1) is 11.8 Å². The van der Waals surface area contributed by atoms with Gasteiger partial charge in [0.2, 0.25) is 5.91 Å². The lowest BCUT2D eigenvalue weighted by atomic mass is 10.1. The minimum absolute atomic E-state index is 0.0145. The summed E-state index contributed by atoms with van der Waals surface area (Å²) in [6, 6.07) is 7.15. The van der Waals surface area contributed by atoms with Crippen molar-refractivity contribution in [2.24, 2.45) is 11.8 Å². The molecule has 1 aromatic rings. The molecule has 1 aliphatic carbocycles. The van der Waals surface area contributed by atoms with Crippen molar-refractivity contribution in [3.63, 3.8) is 0 Å². The van der Waals surface area contributed by atoms with Crippen molar-refractivity contribution in [1.29, 1.82) is 0 Å². The molecule has 23 heavy (non-hydrogen) atoms. The van der Waals surface area contributed by atoms with Gasteiger partial charge in [-0.1, -0.05) is 6.92 Å². The molecule has 3 rings (SSSR count). The van der Waals surface area contributed by atoms with Crippen molar-refractivity contribution < 1.29 is 14.3 Å². The fourth-order valence-corrected chi connectivity index (χ4v) is 3.14. The largest absolute Gasteiger partial charge is 0.372 e. The molecule has 1 aromatic carbocycles. The second-order valence-electron chi connectivity index (χ2n) is 6.85. The fourth-order valence-electron chi connectivity index (χ4n) is 3.14. The van der Waals surface area contributed by atoms with E-state index in [2.05, 4.69) is 12.2 Å². The lowest BCUT2D eigenvalue weighted by molar-refractivity contribution is -0.117. The van der Waals surface area contributed by atoms with E-state index in [-0.39, 0.29) is 29.9 Å². The van der Waals surface area contributed by atoms with Crippen molar-refractivity contribution in [1.82, 2.24) is 4.90 Å². The summed E-state index contributed by atoms with van der Waals surface area (Å²) in [6.07, 6.45) is 1.08. The van der Waals surface area contributed by atoms with E-state index in [0.717, 1.165) is 12.1 Å². The first-order valence-corrected chi connectivity index (χ1v) is 8.29. The van der Waals surface area contributed by atoms with Gasteiger partial charge in [0.25, 0.3) is 5.91 Å². The number of benzene rings is 1. The quantitative estimate of drug-likeness (QED) is 0.932. The highest BCUT2D eigenvalue weighted by Gasteiger charge is 2.39. The Balaban J connectivity index is 1.62. The zero-order valence-electron chi connectivity index (χ0n) is 13.9. The van der Waals surface area contributed by atoms with Gasteiger partial charge in [-0.25, -0.2) is 0 Å². The highest BCUT2D eigenvalue weighted by molar-refractivity contribution is 5.97. The molecule has 1 N–H and O–H groups in total. The van der Waals surface area contributed by atoms with Gasteiger partial charge in [0, 0.05) is 30.3 Å². The summed E-state index contributed by atoms with van der Waals surface area (Å²) in [7, 11) is 0. The SMILES string of the molecule is CC1CN(C(=O)c2ccc(NC(=O)C3CC3C)cc2)CC(C)O1. The number of nitrogens with one attached hydrogen (secondary N) is 1.